The summed E-state index contributed by atoms with van der Waals surface area (Å²) in [5.41, 5.74) is -0.210. The van der Waals surface area contributed by atoms with E-state index < -0.39 is 36.7 Å². The van der Waals surface area contributed by atoms with Gasteiger partial charge in [0.2, 0.25) is 5.95 Å². The minimum absolute atomic E-state index is 0.0742. The van der Waals surface area contributed by atoms with E-state index in [0.29, 0.717) is 0 Å². The smallest absolute Gasteiger partial charge is 0.280 e. The Morgan fingerprint density at radius 3 is 3.04 bits per heavy atom. The molecule has 12 heteroatoms. The van der Waals surface area contributed by atoms with Crippen molar-refractivity contribution in [2.24, 2.45) is 4.99 Å². The number of aromatic amines is 1. The van der Waals surface area contributed by atoms with Crippen LogP contribution in [0.4, 0.5) is 5.95 Å². The number of nitrogens with one attached hydrogen (secondary N) is 1. The second-order valence-corrected chi connectivity index (χ2v) is 6.40. The van der Waals surface area contributed by atoms with Crippen LogP contribution < -0.4 is 5.56 Å². The zero-order valence-corrected chi connectivity index (χ0v) is 15.4. The average molecular weight is 391 g/mol. The summed E-state index contributed by atoms with van der Waals surface area (Å²) >= 11 is 0. The molecule has 150 valence electrons. The van der Waals surface area contributed by atoms with Crippen molar-refractivity contribution >= 4 is 23.5 Å². The summed E-state index contributed by atoms with van der Waals surface area (Å²) in [5.74, 6) is 0.0761. The Labute approximate surface area is 159 Å². The summed E-state index contributed by atoms with van der Waals surface area (Å²) in [5, 5.41) is 28.6. The molecule has 3 N–H and O–H groups in total. The van der Waals surface area contributed by atoms with Gasteiger partial charge >= 0.3 is 0 Å². The van der Waals surface area contributed by atoms with Gasteiger partial charge in [-0.1, -0.05) is 0 Å². The van der Waals surface area contributed by atoms with Crippen molar-refractivity contribution in [3.05, 3.63) is 16.7 Å². The maximum Gasteiger partial charge on any atom is 0.280 e. The lowest BCUT2D eigenvalue weighted by atomic mass is 10.1. The number of hydrogen-bond donors (Lipinski definition) is 3. The number of H-pyrrole nitrogens is 1. The summed E-state index contributed by atoms with van der Waals surface area (Å²) in [6.07, 6.45) is -0.817. The number of fused-ring (bicyclic) bond motifs is 1. The largest absolute Gasteiger partial charge is 0.394 e. The molecule has 4 atom stereocenters. The van der Waals surface area contributed by atoms with E-state index in [1.807, 2.05) is 6.07 Å². The van der Waals surface area contributed by atoms with Gasteiger partial charge in [-0.25, -0.2) is 9.98 Å². The molecule has 1 fully saturated rings. The van der Waals surface area contributed by atoms with Gasteiger partial charge < -0.3 is 24.6 Å². The third kappa shape index (κ3) is 3.87. The SMILES string of the molecule is CN(C)C=Nc1nc2c(ncn2[C@@H]2O[C@H](CO)[C@@H](O)[C@H]2OCCC#N)c(=O)[nH]1. The van der Waals surface area contributed by atoms with Gasteiger partial charge in [0.25, 0.3) is 5.56 Å². The highest BCUT2D eigenvalue weighted by atomic mass is 16.6. The average Bonchev–Trinajstić information content (AvgIpc) is 3.22. The molecule has 2 aromatic rings. The van der Waals surface area contributed by atoms with Gasteiger partial charge in [-0.3, -0.25) is 14.3 Å². The number of aliphatic hydroxyl groups excluding tert-OH is 2. The summed E-state index contributed by atoms with van der Waals surface area (Å²) in [6.45, 7) is -0.343. The molecule has 0 aliphatic carbocycles. The van der Waals surface area contributed by atoms with Crippen LogP contribution in [0.2, 0.25) is 0 Å². The van der Waals surface area contributed by atoms with Crippen LogP contribution in [0.25, 0.3) is 11.2 Å². The number of imidazole rings is 1. The lowest BCUT2D eigenvalue weighted by molar-refractivity contribution is -0.0693. The van der Waals surface area contributed by atoms with Gasteiger partial charge in [0, 0.05) is 14.1 Å². The minimum Gasteiger partial charge on any atom is -0.394 e. The van der Waals surface area contributed by atoms with Crippen molar-refractivity contribution in [2.75, 3.05) is 27.3 Å². The van der Waals surface area contributed by atoms with Crippen molar-refractivity contribution in [3.8, 4) is 6.07 Å². The first-order valence-corrected chi connectivity index (χ1v) is 8.56. The van der Waals surface area contributed by atoms with Crippen molar-refractivity contribution in [1.29, 1.82) is 5.26 Å². The van der Waals surface area contributed by atoms with Gasteiger partial charge in [-0.2, -0.15) is 10.2 Å². The van der Waals surface area contributed by atoms with E-state index in [1.165, 1.54) is 17.2 Å². The normalized spacial score (nSPS) is 24.8. The Hall–Kier alpha value is -2.85. The predicted molar refractivity (Wildman–Crippen MR) is 97.0 cm³/mol. The second kappa shape index (κ2) is 8.44. The highest BCUT2D eigenvalue weighted by Gasteiger charge is 2.45. The molecule has 3 heterocycles. The van der Waals surface area contributed by atoms with Crippen LogP contribution in [0.1, 0.15) is 12.6 Å². The monoisotopic (exact) mass is 391 g/mol. The van der Waals surface area contributed by atoms with Gasteiger partial charge in [-0.15, -0.1) is 0 Å². The molecule has 0 amide bonds. The van der Waals surface area contributed by atoms with Gasteiger partial charge in [-0.05, 0) is 0 Å². The first-order chi connectivity index (χ1) is 13.5. The molecule has 0 bridgehead atoms. The minimum atomic E-state index is -1.13. The number of aromatic nitrogens is 4. The molecule has 0 radical (unpaired) electrons. The molecule has 2 aromatic heterocycles. The molecule has 1 saturated heterocycles. The van der Waals surface area contributed by atoms with Crippen molar-refractivity contribution < 1.29 is 19.7 Å². The Bertz CT molecular complexity index is 947. The van der Waals surface area contributed by atoms with Gasteiger partial charge in [0.05, 0.1) is 38.4 Å². The zero-order valence-electron chi connectivity index (χ0n) is 15.4. The Morgan fingerprint density at radius 1 is 1.57 bits per heavy atom. The zero-order chi connectivity index (χ0) is 20.3. The Balaban J connectivity index is 2.00. The summed E-state index contributed by atoms with van der Waals surface area (Å²) < 4.78 is 12.8. The number of nitrogens with zero attached hydrogens (tertiary/aromatic N) is 6. The van der Waals surface area contributed by atoms with Crippen LogP contribution in [0, 0.1) is 11.3 Å². The maximum absolute atomic E-state index is 12.3. The molecule has 1 aliphatic rings. The molecule has 1 aliphatic heterocycles. The highest BCUT2D eigenvalue weighted by molar-refractivity contribution is 5.71. The van der Waals surface area contributed by atoms with Crippen LogP contribution in [-0.4, -0.2) is 86.6 Å². The fourth-order valence-electron chi connectivity index (χ4n) is 2.85. The van der Waals surface area contributed by atoms with Crippen molar-refractivity contribution in [3.63, 3.8) is 0 Å². The quantitative estimate of drug-likeness (QED) is 0.302. The molecular formula is C16H21N7O5. The molecule has 28 heavy (non-hydrogen) atoms. The third-order valence-electron chi connectivity index (χ3n) is 4.12. The molecule has 0 saturated carbocycles. The summed E-state index contributed by atoms with van der Waals surface area (Å²) in [6, 6.07) is 1.96. The predicted octanol–water partition coefficient (Wildman–Crippen LogP) is -1.11. The Kier molecular flexibility index (Phi) is 6.00. The molecule has 0 aromatic carbocycles. The van der Waals surface area contributed by atoms with E-state index >= 15 is 0 Å². The van der Waals surface area contributed by atoms with Crippen LogP contribution in [0.5, 0.6) is 0 Å². The number of rotatable bonds is 7. The van der Waals surface area contributed by atoms with Crippen molar-refractivity contribution in [1.82, 2.24) is 24.4 Å². The molecular weight excluding hydrogens is 370 g/mol. The lowest BCUT2D eigenvalue weighted by Crippen LogP contribution is -2.35. The van der Waals surface area contributed by atoms with Crippen LogP contribution in [-0.2, 0) is 9.47 Å². The molecule has 12 nitrogen and oxygen atoms in total. The maximum atomic E-state index is 12.3. The number of aliphatic imine (C=N–C) groups is 1. The molecule has 0 spiro atoms. The van der Waals surface area contributed by atoms with Crippen LogP contribution in [0.3, 0.4) is 0 Å². The fraction of sp³-hybridized carbons (Fsp3) is 0.562. The fourth-order valence-corrected chi connectivity index (χ4v) is 2.85. The van der Waals surface area contributed by atoms with Gasteiger partial charge in [0.15, 0.2) is 17.4 Å². The standard InChI is InChI=1S/C16H21N7O5/c1-22(2)7-19-16-20-13-10(14(26)21-16)18-8-23(13)15-12(27-5-3-4-17)11(25)9(6-24)28-15/h7-9,11-12,15,24-25H,3,5-6H2,1-2H3,(H,20,21,26)/t9-,11-,12-,15-/m1/s1. The number of hydrogen-bond acceptors (Lipinski definition) is 9. The van der Waals surface area contributed by atoms with E-state index in [0.717, 1.165) is 0 Å². The van der Waals surface area contributed by atoms with Gasteiger partial charge in [0.1, 0.15) is 18.3 Å². The first kappa shape index (κ1) is 19.9. The van der Waals surface area contributed by atoms with Crippen molar-refractivity contribution in [2.45, 2.75) is 31.0 Å². The van der Waals surface area contributed by atoms with E-state index in [2.05, 4.69) is 19.9 Å². The number of nitriles is 1. The van der Waals surface area contributed by atoms with E-state index in [-0.39, 0.29) is 30.1 Å². The first-order valence-electron chi connectivity index (χ1n) is 8.56. The van der Waals surface area contributed by atoms with E-state index in [1.54, 1.807) is 19.0 Å². The van der Waals surface area contributed by atoms with E-state index in [4.69, 9.17) is 14.7 Å². The lowest BCUT2D eigenvalue weighted by Gasteiger charge is -2.21. The molecule has 0 unspecified atom stereocenters. The topological polar surface area (TPSA) is 162 Å². The third-order valence-corrected chi connectivity index (χ3v) is 4.12. The molecule has 3 rings (SSSR count). The summed E-state index contributed by atoms with van der Waals surface area (Å²) in [7, 11) is 3.55. The Morgan fingerprint density at radius 2 is 2.36 bits per heavy atom. The number of ether oxygens (including phenoxy) is 2. The number of aliphatic hydroxyl groups is 2. The highest BCUT2D eigenvalue weighted by Crippen LogP contribution is 2.33. The van der Waals surface area contributed by atoms with E-state index in [9.17, 15) is 15.0 Å². The summed E-state index contributed by atoms with van der Waals surface area (Å²) in [4.78, 5) is 29.0. The second-order valence-electron chi connectivity index (χ2n) is 6.40. The van der Waals surface area contributed by atoms with Crippen LogP contribution in [0.15, 0.2) is 16.1 Å². The van der Waals surface area contributed by atoms with Crippen LogP contribution >= 0.6 is 0 Å².